The van der Waals surface area contributed by atoms with Crippen LogP contribution in [0.5, 0.6) is 0 Å². The van der Waals surface area contributed by atoms with Crippen LogP contribution in [0.1, 0.15) is 36.9 Å². The first-order valence-electron chi connectivity index (χ1n) is 5.55. The van der Waals surface area contributed by atoms with Gasteiger partial charge in [0, 0.05) is 6.04 Å². The van der Waals surface area contributed by atoms with Crippen LogP contribution >= 0.6 is 12.4 Å². The highest BCUT2D eigenvalue weighted by Crippen LogP contribution is 2.25. The molecule has 1 saturated heterocycles. The van der Waals surface area contributed by atoms with Crippen LogP contribution in [-0.4, -0.2) is 6.54 Å². The van der Waals surface area contributed by atoms with Gasteiger partial charge in [0.25, 0.3) is 0 Å². The van der Waals surface area contributed by atoms with Crippen molar-refractivity contribution in [1.82, 2.24) is 5.32 Å². The first-order chi connectivity index (χ1) is 6.75. The van der Waals surface area contributed by atoms with E-state index in [-0.39, 0.29) is 12.4 Å². The van der Waals surface area contributed by atoms with Gasteiger partial charge in [-0.3, -0.25) is 0 Å². The highest BCUT2D eigenvalue weighted by Gasteiger charge is 2.18. The van der Waals surface area contributed by atoms with Crippen LogP contribution in [0.15, 0.2) is 24.3 Å². The molecule has 2 unspecified atom stereocenters. The summed E-state index contributed by atoms with van der Waals surface area (Å²) in [6.07, 6.45) is 2.64. The first-order valence-corrected chi connectivity index (χ1v) is 5.55. The van der Waals surface area contributed by atoms with E-state index in [1.54, 1.807) is 0 Å². The molecular weight excluding hydrogens is 206 g/mol. The highest BCUT2D eigenvalue weighted by atomic mass is 35.5. The minimum atomic E-state index is 0. The summed E-state index contributed by atoms with van der Waals surface area (Å²) in [6.45, 7) is 5.65. The second-order valence-electron chi connectivity index (χ2n) is 4.56. The summed E-state index contributed by atoms with van der Waals surface area (Å²) in [4.78, 5) is 0. The predicted octanol–water partition coefficient (Wildman–Crippen LogP) is 3.48. The molecule has 1 aliphatic rings. The quantitative estimate of drug-likeness (QED) is 0.772. The molecule has 2 rings (SSSR count). The van der Waals surface area contributed by atoms with Gasteiger partial charge >= 0.3 is 0 Å². The zero-order valence-electron chi connectivity index (χ0n) is 9.49. The number of benzene rings is 1. The van der Waals surface area contributed by atoms with E-state index in [9.17, 15) is 0 Å². The average molecular weight is 226 g/mol. The lowest BCUT2D eigenvalue weighted by Crippen LogP contribution is -2.31. The van der Waals surface area contributed by atoms with Crippen molar-refractivity contribution in [1.29, 1.82) is 0 Å². The minimum Gasteiger partial charge on any atom is -0.310 e. The summed E-state index contributed by atoms with van der Waals surface area (Å²) in [7, 11) is 0. The molecule has 0 spiro atoms. The molecule has 2 atom stereocenters. The molecule has 1 heterocycles. The van der Waals surface area contributed by atoms with Gasteiger partial charge < -0.3 is 5.32 Å². The molecule has 84 valence electrons. The fourth-order valence-corrected chi connectivity index (χ4v) is 2.17. The number of halogens is 1. The lowest BCUT2D eigenvalue weighted by Gasteiger charge is -2.28. The maximum Gasteiger partial charge on any atom is 0.0320 e. The first kappa shape index (κ1) is 12.5. The molecule has 0 saturated carbocycles. The van der Waals surface area contributed by atoms with Crippen molar-refractivity contribution in [3.8, 4) is 0 Å². The Morgan fingerprint density at radius 3 is 2.67 bits per heavy atom. The standard InChI is InChI=1S/C13H19N.ClH/c1-10-4-3-5-12(8-10)13-7-6-11(2)9-14-13;/h3-5,8,11,13-14H,6-7,9H2,1-2H3;1H. The molecule has 0 radical (unpaired) electrons. The fourth-order valence-electron chi connectivity index (χ4n) is 2.17. The molecule has 1 fully saturated rings. The van der Waals surface area contributed by atoms with Gasteiger partial charge in [-0.2, -0.15) is 0 Å². The van der Waals surface area contributed by atoms with Crippen LogP contribution < -0.4 is 5.32 Å². The van der Waals surface area contributed by atoms with Gasteiger partial charge in [0.05, 0.1) is 0 Å². The summed E-state index contributed by atoms with van der Waals surface area (Å²) in [5.41, 5.74) is 2.82. The summed E-state index contributed by atoms with van der Waals surface area (Å²) in [6, 6.07) is 9.44. The Morgan fingerprint density at radius 1 is 1.27 bits per heavy atom. The van der Waals surface area contributed by atoms with E-state index in [1.165, 1.54) is 30.5 Å². The molecule has 1 nitrogen and oxygen atoms in total. The molecule has 1 aromatic rings. The molecule has 15 heavy (non-hydrogen) atoms. The van der Waals surface area contributed by atoms with Crippen LogP contribution in [0.3, 0.4) is 0 Å². The molecule has 1 aliphatic heterocycles. The second kappa shape index (κ2) is 5.53. The van der Waals surface area contributed by atoms with Crippen LogP contribution in [0.25, 0.3) is 0 Å². The zero-order valence-corrected chi connectivity index (χ0v) is 10.3. The van der Waals surface area contributed by atoms with Crippen LogP contribution in [0.4, 0.5) is 0 Å². The van der Waals surface area contributed by atoms with Crippen LogP contribution in [0, 0.1) is 12.8 Å². The van der Waals surface area contributed by atoms with Crippen molar-refractivity contribution in [3.63, 3.8) is 0 Å². The van der Waals surface area contributed by atoms with Crippen molar-refractivity contribution in [3.05, 3.63) is 35.4 Å². The Labute approximate surface area is 98.7 Å². The largest absolute Gasteiger partial charge is 0.310 e. The monoisotopic (exact) mass is 225 g/mol. The molecule has 1 aromatic carbocycles. The predicted molar refractivity (Wildman–Crippen MR) is 67.6 cm³/mol. The van der Waals surface area contributed by atoms with Crippen molar-refractivity contribution >= 4 is 12.4 Å². The fraction of sp³-hybridized carbons (Fsp3) is 0.538. The van der Waals surface area contributed by atoms with Crippen molar-refractivity contribution in [2.24, 2.45) is 5.92 Å². The second-order valence-corrected chi connectivity index (χ2v) is 4.56. The molecule has 0 aromatic heterocycles. The molecule has 2 heteroatoms. The highest BCUT2D eigenvalue weighted by molar-refractivity contribution is 5.85. The third-order valence-electron chi connectivity index (χ3n) is 3.11. The van der Waals surface area contributed by atoms with Crippen molar-refractivity contribution in [2.45, 2.75) is 32.7 Å². The third-order valence-corrected chi connectivity index (χ3v) is 3.11. The van der Waals surface area contributed by atoms with Gasteiger partial charge in [-0.25, -0.2) is 0 Å². The van der Waals surface area contributed by atoms with Gasteiger partial charge in [-0.1, -0.05) is 36.8 Å². The van der Waals surface area contributed by atoms with E-state index in [0.29, 0.717) is 6.04 Å². The van der Waals surface area contributed by atoms with E-state index < -0.39 is 0 Å². The summed E-state index contributed by atoms with van der Waals surface area (Å²) < 4.78 is 0. The van der Waals surface area contributed by atoms with E-state index in [1.807, 2.05) is 0 Å². The van der Waals surface area contributed by atoms with E-state index in [2.05, 4.69) is 43.4 Å². The van der Waals surface area contributed by atoms with E-state index in [0.717, 1.165) is 5.92 Å². The number of hydrogen-bond donors (Lipinski definition) is 1. The number of rotatable bonds is 1. The van der Waals surface area contributed by atoms with Gasteiger partial charge in [-0.05, 0) is 37.8 Å². The van der Waals surface area contributed by atoms with Crippen LogP contribution in [-0.2, 0) is 0 Å². The molecule has 0 amide bonds. The van der Waals surface area contributed by atoms with E-state index in [4.69, 9.17) is 0 Å². The molecule has 1 N–H and O–H groups in total. The number of piperidine rings is 1. The van der Waals surface area contributed by atoms with Crippen LogP contribution in [0.2, 0.25) is 0 Å². The Hall–Kier alpha value is -0.530. The number of nitrogens with one attached hydrogen (secondary N) is 1. The van der Waals surface area contributed by atoms with Gasteiger partial charge in [0.15, 0.2) is 0 Å². The maximum atomic E-state index is 3.61. The lowest BCUT2D eigenvalue weighted by atomic mass is 9.91. The lowest BCUT2D eigenvalue weighted by molar-refractivity contribution is 0.333. The summed E-state index contributed by atoms with van der Waals surface area (Å²) in [5.74, 6) is 0.844. The maximum absolute atomic E-state index is 3.61. The van der Waals surface area contributed by atoms with Gasteiger partial charge in [0.1, 0.15) is 0 Å². The van der Waals surface area contributed by atoms with Crippen molar-refractivity contribution < 1.29 is 0 Å². The Bertz CT molecular complexity index is 303. The van der Waals surface area contributed by atoms with E-state index >= 15 is 0 Å². The number of aryl methyl sites for hydroxylation is 1. The Balaban J connectivity index is 0.00000112. The summed E-state index contributed by atoms with van der Waals surface area (Å²) >= 11 is 0. The third kappa shape index (κ3) is 3.22. The summed E-state index contributed by atoms with van der Waals surface area (Å²) in [5, 5.41) is 3.61. The van der Waals surface area contributed by atoms with Crippen molar-refractivity contribution in [2.75, 3.05) is 6.54 Å². The smallest absolute Gasteiger partial charge is 0.0320 e. The molecule has 0 aliphatic carbocycles. The molecular formula is C13H20ClN. The van der Waals surface area contributed by atoms with Gasteiger partial charge in [0.2, 0.25) is 0 Å². The minimum absolute atomic E-state index is 0. The normalized spacial score (nSPS) is 25.7. The average Bonchev–Trinajstić information content (AvgIpc) is 2.19. The Morgan fingerprint density at radius 2 is 2.07 bits per heavy atom. The van der Waals surface area contributed by atoms with Gasteiger partial charge in [-0.15, -0.1) is 12.4 Å². The number of hydrogen-bond acceptors (Lipinski definition) is 1. The Kier molecular flexibility index (Phi) is 4.62. The zero-order chi connectivity index (χ0) is 9.97. The molecule has 0 bridgehead atoms. The SMILES string of the molecule is Cc1cccc(C2CCC(C)CN2)c1.Cl. The topological polar surface area (TPSA) is 12.0 Å².